The number of nitrogens with one attached hydrogen (secondary N) is 1. The topological polar surface area (TPSA) is 143 Å². The van der Waals surface area contributed by atoms with Crippen molar-refractivity contribution in [1.29, 1.82) is 0 Å². The quantitative estimate of drug-likeness (QED) is 0.228. The Morgan fingerprint density at radius 3 is 2.54 bits per heavy atom. The van der Waals surface area contributed by atoms with E-state index < -0.39 is 42.7 Å². The fraction of sp³-hybridized carbons (Fsp3) is 0.345. The van der Waals surface area contributed by atoms with Crippen molar-refractivity contribution in [3.63, 3.8) is 0 Å². The standard InChI is InChI=1S/C29H32N2O8/c1-37-16-29(26(34)25(33)24(15-32)39-28(29)36)30-27(35)22-14-31(23-12-20(38-2)9-10-21(22)23)13-17-7-8-18-5-3-4-6-19(18)11-17/h3-12,14,24-26,28,32-34,36H,13,15-16H2,1-2H3,(H,30,35)/t24-,25-,26+,28?,29-/m1/s1. The molecule has 5 N–H and O–H groups in total. The molecule has 1 aliphatic rings. The Labute approximate surface area is 225 Å². The largest absolute Gasteiger partial charge is 0.497 e. The Morgan fingerprint density at radius 1 is 1.05 bits per heavy atom. The van der Waals surface area contributed by atoms with Gasteiger partial charge in [-0.15, -0.1) is 0 Å². The summed E-state index contributed by atoms with van der Waals surface area (Å²) in [5.41, 5.74) is 0.161. The first-order valence-electron chi connectivity index (χ1n) is 12.6. The minimum atomic E-state index is -1.89. The van der Waals surface area contributed by atoms with Crippen LogP contribution in [0, 0.1) is 0 Å². The van der Waals surface area contributed by atoms with E-state index in [4.69, 9.17) is 14.2 Å². The van der Waals surface area contributed by atoms with Crippen molar-refractivity contribution in [1.82, 2.24) is 9.88 Å². The van der Waals surface area contributed by atoms with Gasteiger partial charge in [-0.3, -0.25) is 4.79 Å². The number of hydrogen-bond donors (Lipinski definition) is 5. The monoisotopic (exact) mass is 536 g/mol. The summed E-state index contributed by atoms with van der Waals surface area (Å²) >= 11 is 0. The van der Waals surface area contributed by atoms with Crippen molar-refractivity contribution in [2.24, 2.45) is 0 Å². The molecule has 1 amide bonds. The highest BCUT2D eigenvalue weighted by molar-refractivity contribution is 6.07. The van der Waals surface area contributed by atoms with Gasteiger partial charge in [0.05, 0.1) is 31.4 Å². The van der Waals surface area contributed by atoms with Crippen molar-refractivity contribution in [3.8, 4) is 5.75 Å². The first kappa shape index (κ1) is 27.1. The van der Waals surface area contributed by atoms with Crippen molar-refractivity contribution in [2.75, 3.05) is 27.4 Å². The normalized spacial score (nSPS) is 25.2. The van der Waals surface area contributed by atoms with Crippen LogP contribution in [0.15, 0.2) is 66.9 Å². The van der Waals surface area contributed by atoms with Gasteiger partial charge in [-0.1, -0.05) is 36.4 Å². The van der Waals surface area contributed by atoms with Crippen molar-refractivity contribution >= 4 is 27.6 Å². The molecule has 206 valence electrons. The maximum absolute atomic E-state index is 13.7. The van der Waals surface area contributed by atoms with Gasteiger partial charge >= 0.3 is 0 Å². The predicted octanol–water partition coefficient (Wildman–Crippen LogP) is 1.40. The molecule has 10 nitrogen and oxygen atoms in total. The van der Waals surface area contributed by atoms with Gasteiger partial charge in [-0.25, -0.2) is 0 Å². The van der Waals surface area contributed by atoms with Gasteiger partial charge in [0.25, 0.3) is 5.91 Å². The van der Waals surface area contributed by atoms with Gasteiger partial charge in [0.15, 0.2) is 6.29 Å². The maximum atomic E-state index is 13.7. The number of aromatic nitrogens is 1. The van der Waals surface area contributed by atoms with E-state index >= 15 is 0 Å². The molecular formula is C29H32N2O8. The van der Waals surface area contributed by atoms with Gasteiger partial charge in [0, 0.05) is 31.3 Å². The summed E-state index contributed by atoms with van der Waals surface area (Å²) in [6.45, 7) is -0.521. The molecule has 1 saturated heterocycles. The molecule has 1 unspecified atom stereocenters. The maximum Gasteiger partial charge on any atom is 0.254 e. The van der Waals surface area contributed by atoms with E-state index in [1.165, 1.54) is 7.11 Å². The number of benzene rings is 3. The molecule has 5 atom stereocenters. The number of nitrogens with zero attached hydrogens (tertiary/aromatic N) is 1. The van der Waals surface area contributed by atoms with Crippen LogP contribution in [-0.4, -0.2) is 88.5 Å². The number of ether oxygens (including phenoxy) is 3. The van der Waals surface area contributed by atoms with Crippen LogP contribution in [0.25, 0.3) is 21.7 Å². The number of fused-ring (bicyclic) bond motifs is 2. The zero-order valence-electron chi connectivity index (χ0n) is 21.7. The summed E-state index contributed by atoms with van der Waals surface area (Å²) < 4.78 is 17.9. The molecule has 3 aromatic carbocycles. The van der Waals surface area contributed by atoms with Crippen molar-refractivity contribution in [2.45, 2.75) is 36.7 Å². The van der Waals surface area contributed by atoms with Crippen LogP contribution < -0.4 is 10.1 Å². The van der Waals surface area contributed by atoms with E-state index in [0.29, 0.717) is 17.7 Å². The van der Waals surface area contributed by atoms with E-state index in [-0.39, 0.29) is 12.2 Å². The highest BCUT2D eigenvalue weighted by Crippen LogP contribution is 2.32. The van der Waals surface area contributed by atoms with Crippen LogP contribution in [0.5, 0.6) is 5.75 Å². The predicted molar refractivity (Wildman–Crippen MR) is 144 cm³/mol. The Balaban J connectivity index is 1.53. The summed E-state index contributed by atoms with van der Waals surface area (Å²) in [5.74, 6) is 0.00342. The third-order valence-electron chi connectivity index (χ3n) is 7.39. The lowest BCUT2D eigenvalue weighted by molar-refractivity contribution is -0.289. The fourth-order valence-corrected chi connectivity index (χ4v) is 5.26. The van der Waals surface area contributed by atoms with Crippen LogP contribution in [0.4, 0.5) is 0 Å². The number of carbonyl (C=O) groups is 1. The summed E-state index contributed by atoms with van der Waals surface area (Å²) in [7, 11) is 2.90. The number of carbonyl (C=O) groups excluding carboxylic acids is 1. The van der Waals surface area contributed by atoms with Crippen LogP contribution in [0.2, 0.25) is 0 Å². The fourth-order valence-electron chi connectivity index (χ4n) is 5.26. The molecule has 4 aromatic rings. The van der Waals surface area contributed by atoms with Gasteiger partial charge in [0.2, 0.25) is 0 Å². The smallest absolute Gasteiger partial charge is 0.254 e. The van der Waals surface area contributed by atoms with E-state index in [0.717, 1.165) is 21.9 Å². The zero-order valence-corrected chi connectivity index (χ0v) is 21.7. The lowest BCUT2D eigenvalue weighted by atomic mass is 9.83. The number of amides is 1. The molecule has 1 aliphatic heterocycles. The third kappa shape index (κ3) is 4.87. The Morgan fingerprint density at radius 2 is 1.82 bits per heavy atom. The van der Waals surface area contributed by atoms with E-state index in [1.807, 2.05) is 41.0 Å². The zero-order chi connectivity index (χ0) is 27.7. The Hall–Kier alpha value is -3.51. The first-order valence-corrected chi connectivity index (χ1v) is 12.6. The minimum Gasteiger partial charge on any atom is -0.497 e. The Bertz CT molecular complexity index is 1490. The summed E-state index contributed by atoms with van der Waals surface area (Å²) in [4.78, 5) is 13.7. The third-order valence-corrected chi connectivity index (χ3v) is 7.39. The van der Waals surface area contributed by atoms with Crippen LogP contribution in [-0.2, 0) is 16.0 Å². The molecule has 5 rings (SSSR count). The molecular weight excluding hydrogens is 504 g/mol. The highest BCUT2D eigenvalue weighted by atomic mass is 16.6. The SMILES string of the molecule is COC[C@]1(NC(=O)c2cn(Cc3ccc4ccccc4c3)c3cc(OC)ccc23)C(O)O[C@H](CO)[C@@H](O)[C@@H]1O. The second kappa shape index (κ2) is 10.9. The minimum absolute atomic E-state index is 0.280. The number of aliphatic hydroxyl groups excluding tert-OH is 4. The number of rotatable bonds is 8. The average Bonchev–Trinajstić information content (AvgIpc) is 3.31. The number of aliphatic hydroxyl groups is 4. The average molecular weight is 537 g/mol. The molecule has 39 heavy (non-hydrogen) atoms. The first-order chi connectivity index (χ1) is 18.8. The van der Waals surface area contributed by atoms with Gasteiger partial charge < -0.3 is 44.5 Å². The summed E-state index contributed by atoms with van der Waals surface area (Å²) in [6.07, 6.45) is -4.55. The molecule has 1 aromatic heterocycles. The summed E-state index contributed by atoms with van der Waals surface area (Å²) in [5, 5.41) is 47.2. The molecule has 0 bridgehead atoms. The molecule has 10 heteroatoms. The molecule has 2 heterocycles. The number of hydrogen-bond acceptors (Lipinski definition) is 8. The summed E-state index contributed by atoms with van der Waals surface area (Å²) in [6, 6.07) is 19.6. The van der Waals surface area contributed by atoms with Gasteiger partial charge in [-0.2, -0.15) is 0 Å². The van der Waals surface area contributed by atoms with Gasteiger partial charge in [-0.05, 0) is 34.5 Å². The second-order valence-electron chi connectivity index (χ2n) is 9.81. The van der Waals surface area contributed by atoms with E-state index in [1.54, 1.807) is 25.4 Å². The highest BCUT2D eigenvalue weighted by Gasteiger charge is 2.56. The molecule has 0 radical (unpaired) electrons. The molecule has 0 aliphatic carbocycles. The van der Waals surface area contributed by atoms with Crippen molar-refractivity contribution in [3.05, 3.63) is 78.0 Å². The second-order valence-corrected chi connectivity index (χ2v) is 9.81. The Kier molecular flexibility index (Phi) is 7.59. The van der Waals surface area contributed by atoms with Crippen LogP contribution in [0.3, 0.4) is 0 Å². The lowest BCUT2D eigenvalue weighted by Gasteiger charge is -2.49. The van der Waals surface area contributed by atoms with E-state index in [9.17, 15) is 25.2 Å². The van der Waals surface area contributed by atoms with Crippen LogP contribution in [0.1, 0.15) is 15.9 Å². The van der Waals surface area contributed by atoms with Gasteiger partial charge in [0.1, 0.15) is 29.6 Å². The lowest BCUT2D eigenvalue weighted by Crippen LogP contribution is -2.75. The van der Waals surface area contributed by atoms with Crippen molar-refractivity contribution < 1.29 is 39.4 Å². The van der Waals surface area contributed by atoms with Crippen LogP contribution >= 0.6 is 0 Å². The molecule has 0 saturated carbocycles. The molecule has 0 spiro atoms. The number of methoxy groups -OCH3 is 2. The van der Waals surface area contributed by atoms with E-state index in [2.05, 4.69) is 17.4 Å². The molecule has 1 fully saturated rings.